The second-order valence-corrected chi connectivity index (χ2v) is 6.41. The molecule has 2 aromatic carbocycles. The molecule has 0 saturated heterocycles. The topological polar surface area (TPSA) is 29.1 Å². The lowest BCUT2D eigenvalue weighted by molar-refractivity contribution is -0.120. The molecule has 0 fully saturated rings. The molecule has 0 radical (unpaired) electrons. The summed E-state index contributed by atoms with van der Waals surface area (Å²) >= 11 is 1.66. The van der Waals surface area contributed by atoms with Gasteiger partial charge in [-0.15, -0.1) is 11.8 Å². The van der Waals surface area contributed by atoms with Crippen molar-refractivity contribution in [1.82, 2.24) is 5.32 Å². The zero-order valence-electron chi connectivity index (χ0n) is 12.5. The number of carbonyl (C=O) groups excluding carboxylic acids is 1. The summed E-state index contributed by atoms with van der Waals surface area (Å²) in [4.78, 5) is 12.1. The Morgan fingerprint density at radius 3 is 2.48 bits per heavy atom. The Bertz CT molecular complexity index is 583. The maximum absolute atomic E-state index is 12.1. The second-order valence-electron chi connectivity index (χ2n) is 5.08. The first kappa shape index (κ1) is 15.6. The number of hydrogen-bond donors (Lipinski definition) is 1. The average molecular weight is 299 g/mol. The van der Waals surface area contributed by atoms with E-state index in [1.165, 1.54) is 16.7 Å². The predicted octanol–water partition coefficient (Wildman–Crippen LogP) is 3.93. The van der Waals surface area contributed by atoms with Crippen molar-refractivity contribution >= 4 is 17.7 Å². The molecule has 1 atom stereocenters. The van der Waals surface area contributed by atoms with Crippen LogP contribution in [0.1, 0.15) is 23.6 Å². The van der Waals surface area contributed by atoms with E-state index in [1.54, 1.807) is 11.8 Å². The van der Waals surface area contributed by atoms with E-state index >= 15 is 0 Å². The Kier molecular flexibility index (Phi) is 5.88. The van der Waals surface area contributed by atoms with Crippen molar-refractivity contribution in [2.45, 2.75) is 31.4 Å². The Hall–Kier alpha value is -1.74. The second kappa shape index (κ2) is 7.89. The molecule has 0 saturated carbocycles. The normalized spacial score (nSPS) is 11.9. The minimum Gasteiger partial charge on any atom is -0.351 e. The third kappa shape index (κ3) is 4.94. The van der Waals surface area contributed by atoms with Gasteiger partial charge in [0, 0.05) is 12.3 Å². The number of nitrogens with one attached hydrogen (secondary N) is 1. The van der Waals surface area contributed by atoms with Crippen molar-refractivity contribution < 1.29 is 4.79 Å². The SMILES string of the molecule is Cc1ccccc1CNC(=O)[C@@H](C)SCc1ccccc1. The molecule has 2 nitrogen and oxygen atoms in total. The molecule has 0 spiro atoms. The highest BCUT2D eigenvalue weighted by atomic mass is 32.2. The summed E-state index contributed by atoms with van der Waals surface area (Å²) in [5.74, 6) is 0.957. The highest BCUT2D eigenvalue weighted by Crippen LogP contribution is 2.17. The molecule has 110 valence electrons. The monoisotopic (exact) mass is 299 g/mol. The van der Waals surface area contributed by atoms with Gasteiger partial charge in [0.25, 0.3) is 0 Å². The van der Waals surface area contributed by atoms with Crippen LogP contribution in [0.15, 0.2) is 54.6 Å². The number of aryl methyl sites for hydroxylation is 1. The summed E-state index contributed by atoms with van der Waals surface area (Å²) in [6, 6.07) is 18.4. The van der Waals surface area contributed by atoms with E-state index < -0.39 is 0 Å². The molecular formula is C18H21NOS. The smallest absolute Gasteiger partial charge is 0.233 e. The number of rotatable bonds is 6. The number of benzene rings is 2. The zero-order chi connectivity index (χ0) is 15.1. The third-order valence-electron chi connectivity index (χ3n) is 3.43. The molecule has 0 aliphatic heterocycles. The lowest BCUT2D eigenvalue weighted by Gasteiger charge is -2.13. The largest absolute Gasteiger partial charge is 0.351 e. The quantitative estimate of drug-likeness (QED) is 0.875. The first-order valence-corrected chi connectivity index (χ1v) is 8.19. The minimum atomic E-state index is -0.0470. The predicted molar refractivity (Wildman–Crippen MR) is 90.2 cm³/mol. The maximum atomic E-state index is 12.1. The Balaban J connectivity index is 1.79. The van der Waals surface area contributed by atoms with E-state index in [4.69, 9.17) is 0 Å². The number of amides is 1. The lowest BCUT2D eigenvalue weighted by Crippen LogP contribution is -2.30. The Labute approximate surface area is 131 Å². The fourth-order valence-corrected chi connectivity index (χ4v) is 2.88. The average Bonchev–Trinajstić information content (AvgIpc) is 2.52. The van der Waals surface area contributed by atoms with Crippen LogP contribution in [0.2, 0.25) is 0 Å². The van der Waals surface area contributed by atoms with Crippen molar-refractivity contribution in [3.8, 4) is 0 Å². The van der Waals surface area contributed by atoms with Crippen molar-refractivity contribution in [3.05, 3.63) is 71.3 Å². The van der Waals surface area contributed by atoms with Crippen LogP contribution in [-0.4, -0.2) is 11.2 Å². The highest BCUT2D eigenvalue weighted by molar-refractivity contribution is 7.99. The van der Waals surface area contributed by atoms with Gasteiger partial charge in [-0.25, -0.2) is 0 Å². The van der Waals surface area contributed by atoms with E-state index in [0.29, 0.717) is 6.54 Å². The van der Waals surface area contributed by atoms with Crippen LogP contribution in [0.5, 0.6) is 0 Å². The molecule has 2 rings (SSSR count). The van der Waals surface area contributed by atoms with Gasteiger partial charge in [0.2, 0.25) is 5.91 Å². The number of carbonyl (C=O) groups is 1. The van der Waals surface area contributed by atoms with Crippen LogP contribution < -0.4 is 5.32 Å². The number of thioether (sulfide) groups is 1. The van der Waals surface area contributed by atoms with Crippen molar-refractivity contribution in [2.24, 2.45) is 0 Å². The van der Waals surface area contributed by atoms with Gasteiger partial charge in [0.05, 0.1) is 5.25 Å². The fourth-order valence-electron chi connectivity index (χ4n) is 2.01. The Morgan fingerprint density at radius 1 is 1.10 bits per heavy atom. The van der Waals surface area contributed by atoms with Gasteiger partial charge < -0.3 is 5.32 Å². The molecule has 3 heteroatoms. The van der Waals surface area contributed by atoms with Gasteiger partial charge in [0.15, 0.2) is 0 Å². The highest BCUT2D eigenvalue weighted by Gasteiger charge is 2.13. The van der Waals surface area contributed by atoms with E-state index in [1.807, 2.05) is 37.3 Å². The first-order chi connectivity index (χ1) is 10.2. The minimum absolute atomic E-state index is 0.0470. The zero-order valence-corrected chi connectivity index (χ0v) is 13.3. The molecule has 1 amide bonds. The molecule has 2 aromatic rings. The third-order valence-corrected chi connectivity index (χ3v) is 4.64. The van der Waals surface area contributed by atoms with Crippen LogP contribution >= 0.6 is 11.8 Å². The van der Waals surface area contributed by atoms with Gasteiger partial charge in [-0.2, -0.15) is 0 Å². The summed E-state index contributed by atoms with van der Waals surface area (Å²) in [6.45, 7) is 4.62. The lowest BCUT2D eigenvalue weighted by atomic mass is 10.1. The molecule has 0 heterocycles. The summed E-state index contributed by atoms with van der Waals surface area (Å²) in [5, 5.41) is 2.97. The molecular weight excluding hydrogens is 278 g/mol. The summed E-state index contributed by atoms with van der Waals surface area (Å²) in [5.41, 5.74) is 3.63. The Morgan fingerprint density at radius 2 is 1.76 bits per heavy atom. The van der Waals surface area contributed by atoms with Crippen molar-refractivity contribution in [2.75, 3.05) is 0 Å². The summed E-state index contributed by atoms with van der Waals surface area (Å²) in [7, 11) is 0. The first-order valence-electron chi connectivity index (χ1n) is 7.14. The van der Waals surface area contributed by atoms with Crippen LogP contribution in [0.3, 0.4) is 0 Å². The standard InChI is InChI=1S/C18H21NOS/c1-14-8-6-7-11-17(14)12-19-18(20)15(2)21-13-16-9-4-3-5-10-16/h3-11,15H,12-13H2,1-2H3,(H,19,20)/t15-/m1/s1. The van der Waals surface area contributed by atoms with Crippen molar-refractivity contribution in [1.29, 1.82) is 0 Å². The van der Waals surface area contributed by atoms with Gasteiger partial charge in [-0.05, 0) is 30.5 Å². The van der Waals surface area contributed by atoms with Crippen molar-refractivity contribution in [3.63, 3.8) is 0 Å². The molecule has 0 aliphatic carbocycles. The molecule has 0 aromatic heterocycles. The van der Waals surface area contributed by atoms with E-state index in [2.05, 4.69) is 36.5 Å². The molecule has 0 aliphatic rings. The van der Waals surface area contributed by atoms with E-state index in [9.17, 15) is 4.79 Å². The van der Waals surface area contributed by atoms with Gasteiger partial charge in [-0.1, -0.05) is 54.6 Å². The molecule has 0 unspecified atom stereocenters. The summed E-state index contributed by atoms with van der Waals surface area (Å²) < 4.78 is 0. The van der Waals surface area contributed by atoms with E-state index in [-0.39, 0.29) is 11.2 Å². The molecule has 1 N–H and O–H groups in total. The van der Waals surface area contributed by atoms with Gasteiger partial charge in [0.1, 0.15) is 0 Å². The van der Waals surface area contributed by atoms with Gasteiger partial charge >= 0.3 is 0 Å². The number of hydrogen-bond acceptors (Lipinski definition) is 2. The molecule has 0 bridgehead atoms. The van der Waals surface area contributed by atoms with Crippen LogP contribution in [-0.2, 0) is 17.1 Å². The summed E-state index contributed by atoms with van der Waals surface area (Å²) in [6.07, 6.45) is 0. The maximum Gasteiger partial charge on any atom is 0.233 e. The van der Waals surface area contributed by atoms with Crippen LogP contribution in [0.25, 0.3) is 0 Å². The van der Waals surface area contributed by atoms with Gasteiger partial charge in [-0.3, -0.25) is 4.79 Å². The fraction of sp³-hybridized carbons (Fsp3) is 0.278. The van der Waals surface area contributed by atoms with Crippen LogP contribution in [0, 0.1) is 6.92 Å². The van der Waals surface area contributed by atoms with E-state index in [0.717, 1.165) is 5.75 Å². The molecule has 21 heavy (non-hydrogen) atoms. The van der Waals surface area contributed by atoms with Crippen LogP contribution in [0.4, 0.5) is 0 Å².